The first-order valence-corrected chi connectivity index (χ1v) is 9.96. The molecule has 3 aromatic carbocycles. The Morgan fingerprint density at radius 1 is 0.657 bits per heavy atom. The topological polar surface area (TPSA) is 64.5 Å². The summed E-state index contributed by atoms with van der Waals surface area (Å²) in [7, 11) is 0. The lowest BCUT2D eigenvalue weighted by Crippen LogP contribution is -2.22. The van der Waals surface area contributed by atoms with Crippen LogP contribution in [0.3, 0.4) is 0 Å². The molecule has 0 spiro atoms. The first-order valence-electron chi connectivity index (χ1n) is 9.96. The molecule has 0 aliphatic heterocycles. The van der Waals surface area contributed by atoms with Crippen molar-refractivity contribution in [3.05, 3.63) is 82.9 Å². The van der Waals surface area contributed by atoms with Gasteiger partial charge in [-0.2, -0.15) is 26.3 Å². The van der Waals surface area contributed by atoms with Gasteiger partial charge in [-0.1, -0.05) is 30.3 Å². The predicted octanol–water partition coefficient (Wildman–Crippen LogP) is 6.50. The van der Waals surface area contributed by atoms with Crippen LogP contribution in [-0.4, -0.2) is 35.7 Å². The van der Waals surface area contributed by atoms with E-state index in [9.17, 15) is 45.3 Å². The van der Waals surface area contributed by atoms with E-state index in [1.165, 1.54) is 12.1 Å². The van der Waals surface area contributed by atoms with Crippen LogP contribution in [-0.2, 0) is 0 Å². The number of alkyl halides is 6. The van der Waals surface area contributed by atoms with Crippen LogP contribution >= 0.6 is 0 Å². The lowest BCUT2D eigenvalue weighted by molar-refractivity contribution is -0.116. The highest BCUT2D eigenvalue weighted by atomic mass is 19.4. The molecule has 0 aromatic heterocycles. The van der Waals surface area contributed by atoms with Crippen molar-refractivity contribution in [3.63, 3.8) is 0 Å². The van der Waals surface area contributed by atoms with Gasteiger partial charge in [0, 0.05) is 29.2 Å². The summed E-state index contributed by atoms with van der Waals surface area (Å²) in [4.78, 5) is 0. The largest absolute Gasteiger partial charge is 0.508 e. The summed E-state index contributed by atoms with van der Waals surface area (Å²) in [5.74, 6) is -4.88. The van der Waals surface area contributed by atoms with Gasteiger partial charge < -0.3 is 20.8 Å². The molecule has 0 saturated heterocycles. The second kappa shape index (κ2) is 9.88. The average molecular weight is 506 g/mol. The summed E-state index contributed by atoms with van der Waals surface area (Å²) in [6.07, 6.45) is -9.31. The van der Waals surface area contributed by atoms with E-state index in [4.69, 9.17) is 0 Å². The lowest BCUT2D eigenvalue weighted by atomic mass is 9.83. The number of hydrogen-bond donors (Lipinski definition) is 4. The molecule has 0 fully saturated rings. The maximum Gasteiger partial charge on any atom is 0.405 e. The van der Waals surface area contributed by atoms with Crippen LogP contribution in [0.25, 0.3) is 0 Å². The minimum Gasteiger partial charge on any atom is -0.508 e. The summed E-state index contributed by atoms with van der Waals surface area (Å²) >= 11 is 0. The van der Waals surface area contributed by atoms with E-state index in [-0.39, 0.29) is 11.1 Å². The van der Waals surface area contributed by atoms with E-state index in [2.05, 4.69) is 0 Å². The zero-order chi connectivity index (χ0) is 26.0. The average Bonchev–Trinajstić information content (AvgIpc) is 2.75. The van der Waals surface area contributed by atoms with Gasteiger partial charge in [-0.15, -0.1) is 0 Å². The summed E-state index contributed by atoms with van der Waals surface area (Å²) in [6, 6.07) is 10.7. The Bertz CT molecular complexity index is 1110. The van der Waals surface area contributed by atoms with Crippen LogP contribution in [0.15, 0.2) is 54.6 Å². The number of hydrogen-bond acceptors (Lipinski definition) is 4. The van der Waals surface area contributed by atoms with Gasteiger partial charge in [-0.05, 0) is 17.7 Å². The number of benzene rings is 3. The molecule has 3 rings (SSSR count). The summed E-state index contributed by atoms with van der Waals surface area (Å²) in [6.45, 7) is -3.13. The highest BCUT2D eigenvalue weighted by molar-refractivity contribution is 5.61. The quantitative estimate of drug-likeness (QED) is 0.218. The maximum absolute atomic E-state index is 14.7. The van der Waals surface area contributed by atoms with Gasteiger partial charge >= 0.3 is 12.4 Å². The first kappa shape index (κ1) is 25.9. The fourth-order valence-corrected chi connectivity index (χ4v) is 3.45. The Hall–Kier alpha value is -3.70. The SMILES string of the molecule is Oc1cc(NCC(F)(F)F)c(F)cc1C(c1ccccc1)c1cc(F)c(NCC(F)(F)F)cc1O. The smallest absolute Gasteiger partial charge is 0.405 e. The molecule has 35 heavy (non-hydrogen) atoms. The molecule has 0 radical (unpaired) electrons. The number of phenolic OH excluding ortho intramolecular Hbond substituents is 2. The molecule has 0 amide bonds. The van der Waals surface area contributed by atoms with Gasteiger partial charge in [0.25, 0.3) is 0 Å². The van der Waals surface area contributed by atoms with Crippen molar-refractivity contribution in [3.8, 4) is 11.5 Å². The van der Waals surface area contributed by atoms with Crippen LogP contribution in [0.2, 0.25) is 0 Å². The van der Waals surface area contributed by atoms with Gasteiger partial charge in [-0.3, -0.25) is 0 Å². The molecule has 0 bridgehead atoms. The fourth-order valence-electron chi connectivity index (χ4n) is 3.45. The molecular formula is C23H18F8N2O2. The van der Waals surface area contributed by atoms with Crippen molar-refractivity contribution in [2.24, 2.45) is 0 Å². The Morgan fingerprint density at radius 2 is 1.06 bits per heavy atom. The Morgan fingerprint density at radius 3 is 1.43 bits per heavy atom. The highest BCUT2D eigenvalue weighted by Crippen LogP contribution is 2.43. The zero-order valence-corrected chi connectivity index (χ0v) is 17.6. The van der Waals surface area contributed by atoms with E-state index in [1.54, 1.807) is 18.2 Å². The predicted molar refractivity (Wildman–Crippen MR) is 113 cm³/mol. The molecule has 4 N–H and O–H groups in total. The minimum atomic E-state index is -4.65. The maximum atomic E-state index is 14.7. The molecule has 0 unspecified atom stereocenters. The van der Waals surface area contributed by atoms with Gasteiger partial charge in [0.05, 0.1) is 11.4 Å². The molecule has 12 heteroatoms. The molecule has 0 aliphatic rings. The van der Waals surface area contributed by atoms with Gasteiger partial charge in [-0.25, -0.2) is 8.78 Å². The summed E-state index contributed by atoms with van der Waals surface area (Å²) in [5, 5.41) is 24.7. The van der Waals surface area contributed by atoms with Gasteiger partial charge in [0.1, 0.15) is 36.2 Å². The molecular weight excluding hydrogens is 488 g/mol. The molecule has 0 heterocycles. The monoisotopic (exact) mass is 506 g/mol. The van der Waals surface area contributed by atoms with Crippen LogP contribution in [0, 0.1) is 11.6 Å². The number of aromatic hydroxyl groups is 2. The van der Waals surface area contributed by atoms with E-state index in [0.717, 1.165) is 24.3 Å². The van der Waals surface area contributed by atoms with Crippen molar-refractivity contribution in [1.82, 2.24) is 0 Å². The molecule has 4 nitrogen and oxygen atoms in total. The Balaban J connectivity index is 2.08. The van der Waals surface area contributed by atoms with Crippen molar-refractivity contribution in [1.29, 1.82) is 0 Å². The summed E-state index contributed by atoms with van der Waals surface area (Å²) in [5.41, 5.74) is -1.41. The second-order valence-electron chi connectivity index (χ2n) is 7.56. The van der Waals surface area contributed by atoms with Crippen LogP contribution in [0.1, 0.15) is 22.6 Å². The van der Waals surface area contributed by atoms with Gasteiger partial charge in [0.15, 0.2) is 0 Å². The fraction of sp³-hybridized carbons (Fsp3) is 0.217. The molecule has 0 atom stereocenters. The van der Waals surface area contributed by atoms with Crippen molar-refractivity contribution in [2.45, 2.75) is 18.3 Å². The van der Waals surface area contributed by atoms with Crippen molar-refractivity contribution < 1.29 is 45.3 Å². The third-order valence-corrected chi connectivity index (χ3v) is 4.95. The van der Waals surface area contributed by atoms with Crippen LogP contribution in [0.4, 0.5) is 46.5 Å². The lowest BCUT2D eigenvalue weighted by Gasteiger charge is -2.23. The standard InChI is InChI=1S/C23H18F8N2O2/c24-15-6-13(19(34)8-17(15)32-10-22(26,27)28)21(12-4-2-1-3-5-12)14-7-16(25)18(9-20(14)35)33-11-23(29,30)31/h1-9,21,32-35H,10-11H2. The Kier molecular flexibility index (Phi) is 7.32. The first-order chi connectivity index (χ1) is 16.2. The third-order valence-electron chi connectivity index (χ3n) is 4.95. The zero-order valence-electron chi connectivity index (χ0n) is 17.6. The van der Waals surface area contributed by atoms with E-state index in [0.29, 0.717) is 5.56 Å². The molecule has 0 saturated carbocycles. The third kappa shape index (κ3) is 6.67. The highest BCUT2D eigenvalue weighted by Gasteiger charge is 2.30. The van der Waals surface area contributed by atoms with Gasteiger partial charge in [0.2, 0.25) is 0 Å². The van der Waals surface area contributed by atoms with Crippen LogP contribution in [0.5, 0.6) is 11.5 Å². The van der Waals surface area contributed by atoms with Crippen LogP contribution < -0.4 is 10.6 Å². The van der Waals surface area contributed by atoms with E-state index in [1.807, 2.05) is 10.6 Å². The van der Waals surface area contributed by atoms with E-state index < -0.39 is 65.9 Å². The Labute approximate surface area is 193 Å². The normalized spacial score (nSPS) is 12.1. The number of phenols is 2. The van der Waals surface area contributed by atoms with E-state index >= 15 is 0 Å². The van der Waals surface area contributed by atoms with Crippen molar-refractivity contribution >= 4 is 11.4 Å². The number of nitrogens with one attached hydrogen (secondary N) is 2. The number of anilines is 2. The molecule has 0 aliphatic carbocycles. The number of halogens is 8. The summed E-state index contributed by atoms with van der Waals surface area (Å²) < 4.78 is 104. The molecule has 3 aromatic rings. The second-order valence-corrected chi connectivity index (χ2v) is 7.56. The molecule has 188 valence electrons. The van der Waals surface area contributed by atoms with Crippen molar-refractivity contribution in [2.75, 3.05) is 23.7 Å². The minimum absolute atomic E-state index is 0.225. The number of rotatable bonds is 7.